The average Bonchev–Trinajstić information content (AvgIpc) is 1.65. The fourth-order valence-corrected chi connectivity index (χ4v) is 0.277. The molecule has 0 unspecified atom stereocenters. The Labute approximate surface area is 48.9 Å². The van der Waals surface area contributed by atoms with Crippen LogP contribution in [0.1, 0.15) is 6.92 Å². The molecule has 0 aromatic rings. The minimum absolute atomic E-state index is 0.116. The van der Waals surface area contributed by atoms with Gasteiger partial charge in [0.05, 0.1) is 0 Å². The molecule has 0 spiro atoms. The van der Waals surface area contributed by atoms with Crippen LogP contribution in [-0.4, -0.2) is 5.91 Å². The van der Waals surface area contributed by atoms with Gasteiger partial charge in [0.15, 0.2) is 0 Å². The third-order valence-electron chi connectivity index (χ3n) is 0.583. The molecule has 1 amide bonds. The summed E-state index contributed by atoms with van der Waals surface area (Å²) < 4.78 is 0. The average molecular weight is 111 g/mol. The first-order valence-corrected chi connectivity index (χ1v) is 2.25. The zero-order valence-electron chi connectivity index (χ0n) is 4.90. The zero-order chi connectivity index (χ0) is 6.57. The van der Waals surface area contributed by atoms with Crippen LogP contribution in [0, 0.1) is 0 Å². The van der Waals surface area contributed by atoms with Crippen LogP contribution in [0.15, 0.2) is 24.9 Å². The predicted molar refractivity (Wildman–Crippen MR) is 33.2 cm³/mol. The lowest BCUT2D eigenvalue weighted by Crippen LogP contribution is -2.16. The van der Waals surface area contributed by atoms with Crippen LogP contribution in [0.25, 0.3) is 0 Å². The van der Waals surface area contributed by atoms with Crippen molar-refractivity contribution in [3.05, 3.63) is 24.9 Å². The number of nitrogens with one attached hydrogen (secondary N) is 1. The van der Waals surface area contributed by atoms with E-state index in [9.17, 15) is 4.79 Å². The smallest absolute Gasteiger partial charge is 0.221 e. The van der Waals surface area contributed by atoms with Gasteiger partial charge in [-0.1, -0.05) is 13.2 Å². The van der Waals surface area contributed by atoms with Gasteiger partial charge in [0.25, 0.3) is 0 Å². The number of carbonyl (C=O) groups excluding carboxylic acids is 1. The Bertz CT molecular complexity index is 126. The molecule has 0 aliphatic heterocycles. The normalized spacial score (nSPS) is 7.62. The maximum Gasteiger partial charge on any atom is 0.221 e. The molecule has 0 radical (unpaired) electrons. The standard InChI is InChI=1S/C6H9NO/c1-4-5(2)7-6(3)8/h4H,1-2H2,3H3,(H,7,8). The molecular weight excluding hydrogens is 102 g/mol. The molecule has 44 valence electrons. The maximum atomic E-state index is 10.2. The number of rotatable bonds is 2. The maximum absolute atomic E-state index is 10.2. The summed E-state index contributed by atoms with van der Waals surface area (Å²) in [6, 6.07) is 0. The molecule has 0 aliphatic rings. The van der Waals surface area contributed by atoms with Crippen molar-refractivity contribution in [3.63, 3.8) is 0 Å². The van der Waals surface area contributed by atoms with Gasteiger partial charge in [-0.3, -0.25) is 4.79 Å². The zero-order valence-corrected chi connectivity index (χ0v) is 4.90. The molecule has 0 rings (SSSR count). The number of hydrogen-bond acceptors (Lipinski definition) is 1. The molecule has 0 saturated heterocycles. The van der Waals surface area contributed by atoms with Crippen LogP contribution in [0.4, 0.5) is 0 Å². The lowest BCUT2D eigenvalue weighted by atomic mass is 10.5. The second-order valence-electron chi connectivity index (χ2n) is 1.41. The van der Waals surface area contributed by atoms with E-state index >= 15 is 0 Å². The van der Waals surface area contributed by atoms with Crippen molar-refractivity contribution in [1.82, 2.24) is 5.32 Å². The molecule has 1 N–H and O–H groups in total. The predicted octanol–water partition coefficient (Wildman–Crippen LogP) is 0.822. The minimum Gasteiger partial charge on any atom is -0.327 e. The van der Waals surface area contributed by atoms with Gasteiger partial charge in [-0.05, 0) is 6.08 Å². The van der Waals surface area contributed by atoms with E-state index in [4.69, 9.17) is 0 Å². The highest BCUT2D eigenvalue weighted by Gasteiger charge is 1.87. The van der Waals surface area contributed by atoms with Gasteiger partial charge < -0.3 is 5.32 Å². The highest BCUT2D eigenvalue weighted by atomic mass is 16.1. The summed E-state index contributed by atoms with van der Waals surface area (Å²) in [5.74, 6) is -0.116. The first-order chi connectivity index (χ1) is 3.66. The molecule has 0 aromatic carbocycles. The van der Waals surface area contributed by atoms with Gasteiger partial charge in [0.2, 0.25) is 5.91 Å². The summed E-state index contributed by atoms with van der Waals surface area (Å²) in [6.45, 7) is 8.29. The van der Waals surface area contributed by atoms with Gasteiger partial charge in [0.1, 0.15) is 0 Å². The Balaban J connectivity index is 3.55. The second-order valence-corrected chi connectivity index (χ2v) is 1.41. The molecule has 0 saturated carbocycles. The van der Waals surface area contributed by atoms with E-state index in [0.29, 0.717) is 5.70 Å². The molecule has 0 heterocycles. The Hall–Kier alpha value is -1.05. The minimum atomic E-state index is -0.116. The van der Waals surface area contributed by atoms with Crippen LogP contribution < -0.4 is 5.32 Å². The number of allylic oxidation sites excluding steroid dienone is 1. The molecule has 0 fully saturated rings. The van der Waals surface area contributed by atoms with Crippen molar-refractivity contribution in [3.8, 4) is 0 Å². The highest BCUT2D eigenvalue weighted by Crippen LogP contribution is 1.80. The van der Waals surface area contributed by atoms with E-state index in [1.54, 1.807) is 0 Å². The van der Waals surface area contributed by atoms with Crippen LogP contribution in [0.3, 0.4) is 0 Å². The quantitative estimate of drug-likeness (QED) is 0.525. The van der Waals surface area contributed by atoms with Gasteiger partial charge in [-0.15, -0.1) is 0 Å². The third-order valence-corrected chi connectivity index (χ3v) is 0.583. The molecule has 0 aromatic heterocycles. The van der Waals surface area contributed by atoms with Crippen LogP contribution in [0.5, 0.6) is 0 Å². The largest absolute Gasteiger partial charge is 0.327 e. The summed E-state index contributed by atoms with van der Waals surface area (Å²) in [5, 5.41) is 2.44. The Morgan fingerprint density at radius 2 is 2.25 bits per heavy atom. The Morgan fingerprint density at radius 3 is 2.38 bits per heavy atom. The topological polar surface area (TPSA) is 29.1 Å². The number of amides is 1. The van der Waals surface area contributed by atoms with Crippen molar-refractivity contribution in [1.29, 1.82) is 0 Å². The number of hydrogen-bond donors (Lipinski definition) is 1. The van der Waals surface area contributed by atoms with Crippen LogP contribution >= 0.6 is 0 Å². The highest BCUT2D eigenvalue weighted by molar-refractivity contribution is 5.75. The fourth-order valence-electron chi connectivity index (χ4n) is 0.277. The van der Waals surface area contributed by atoms with Crippen molar-refractivity contribution in [2.75, 3.05) is 0 Å². The summed E-state index contributed by atoms with van der Waals surface area (Å²) >= 11 is 0. The third kappa shape index (κ3) is 3.15. The van der Waals surface area contributed by atoms with Gasteiger partial charge in [-0.2, -0.15) is 0 Å². The van der Waals surface area contributed by atoms with E-state index in [0.717, 1.165) is 0 Å². The summed E-state index contributed by atoms with van der Waals surface area (Å²) in [7, 11) is 0. The lowest BCUT2D eigenvalue weighted by molar-refractivity contribution is -0.118. The Morgan fingerprint density at radius 1 is 1.75 bits per heavy atom. The van der Waals surface area contributed by atoms with Gasteiger partial charge in [0, 0.05) is 12.6 Å². The van der Waals surface area contributed by atoms with E-state index in [1.165, 1.54) is 13.0 Å². The van der Waals surface area contributed by atoms with Gasteiger partial charge in [-0.25, -0.2) is 0 Å². The van der Waals surface area contributed by atoms with E-state index in [-0.39, 0.29) is 5.91 Å². The number of carbonyl (C=O) groups is 1. The lowest BCUT2D eigenvalue weighted by Gasteiger charge is -1.95. The van der Waals surface area contributed by atoms with E-state index < -0.39 is 0 Å². The molecular formula is C6H9NO. The van der Waals surface area contributed by atoms with E-state index in [1.807, 2.05) is 0 Å². The molecule has 0 aliphatic carbocycles. The summed E-state index contributed by atoms with van der Waals surface area (Å²) in [6.07, 6.45) is 1.49. The van der Waals surface area contributed by atoms with Crippen molar-refractivity contribution < 1.29 is 4.79 Å². The van der Waals surface area contributed by atoms with Crippen molar-refractivity contribution in [2.24, 2.45) is 0 Å². The molecule has 8 heavy (non-hydrogen) atoms. The monoisotopic (exact) mass is 111 g/mol. The Kier molecular flexibility index (Phi) is 2.62. The first kappa shape index (κ1) is 6.95. The van der Waals surface area contributed by atoms with Crippen LogP contribution in [-0.2, 0) is 4.79 Å². The molecule has 0 atom stereocenters. The fraction of sp³-hybridized carbons (Fsp3) is 0.167. The molecule has 2 heteroatoms. The molecule has 2 nitrogen and oxygen atoms in total. The van der Waals surface area contributed by atoms with E-state index in [2.05, 4.69) is 18.5 Å². The van der Waals surface area contributed by atoms with Gasteiger partial charge >= 0.3 is 0 Å². The first-order valence-electron chi connectivity index (χ1n) is 2.25. The summed E-state index contributed by atoms with van der Waals surface area (Å²) in [4.78, 5) is 10.2. The van der Waals surface area contributed by atoms with Crippen molar-refractivity contribution >= 4 is 5.91 Å². The second kappa shape index (κ2) is 3.02. The molecule has 0 bridgehead atoms. The van der Waals surface area contributed by atoms with Crippen molar-refractivity contribution in [2.45, 2.75) is 6.92 Å². The summed E-state index contributed by atoms with van der Waals surface area (Å²) in [5.41, 5.74) is 0.539. The SMILES string of the molecule is C=CC(=C)NC(C)=O. The van der Waals surface area contributed by atoms with Crippen LogP contribution in [0.2, 0.25) is 0 Å².